The lowest BCUT2D eigenvalue weighted by molar-refractivity contribution is 0.216. The van der Waals surface area contributed by atoms with E-state index in [-0.39, 0.29) is 5.41 Å². The molecular formula is C21H28. The Labute approximate surface area is 130 Å². The molecule has 21 heavy (non-hydrogen) atoms. The maximum atomic E-state index is 2.37. The molecular weight excluding hydrogens is 252 g/mol. The Hall–Kier alpha value is -1.56. The Morgan fingerprint density at radius 2 is 1.29 bits per heavy atom. The van der Waals surface area contributed by atoms with Gasteiger partial charge >= 0.3 is 0 Å². The van der Waals surface area contributed by atoms with Crippen LogP contribution in [0.25, 0.3) is 0 Å². The van der Waals surface area contributed by atoms with Gasteiger partial charge < -0.3 is 0 Å². The van der Waals surface area contributed by atoms with Gasteiger partial charge in [0, 0.05) is 5.41 Å². The van der Waals surface area contributed by atoms with Gasteiger partial charge in [0.05, 0.1) is 0 Å². The largest absolute Gasteiger partial charge is 0.0622 e. The third-order valence-corrected chi connectivity index (χ3v) is 5.12. The normalized spacial score (nSPS) is 12.1. The predicted octanol–water partition coefficient (Wildman–Crippen LogP) is 5.79. The van der Waals surface area contributed by atoms with E-state index in [2.05, 4.69) is 89.2 Å². The van der Waals surface area contributed by atoms with E-state index < -0.39 is 0 Å². The number of benzene rings is 2. The molecule has 0 saturated carbocycles. The highest BCUT2D eigenvalue weighted by atomic mass is 14.4. The smallest absolute Gasteiger partial charge is 0.00393 e. The quantitative estimate of drug-likeness (QED) is 0.650. The first-order valence-corrected chi connectivity index (χ1v) is 8.08. The van der Waals surface area contributed by atoms with Crippen molar-refractivity contribution in [1.29, 1.82) is 0 Å². The monoisotopic (exact) mass is 280 g/mol. The van der Waals surface area contributed by atoms with Crippen molar-refractivity contribution in [2.75, 3.05) is 0 Å². The molecule has 0 unspecified atom stereocenters. The van der Waals surface area contributed by atoms with Crippen molar-refractivity contribution < 1.29 is 0 Å². The van der Waals surface area contributed by atoms with Crippen molar-refractivity contribution in [3.63, 3.8) is 0 Å². The third kappa shape index (κ3) is 3.05. The molecule has 0 saturated heterocycles. The second-order valence-electron chi connectivity index (χ2n) is 6.82. The minimum Gasteiger partial charge on any atom is -0.0622 e. The second-order valence-corrected chi connectivity index (χ2v) is 6.82. The van der Waals surface area contributed by atoms with E-state index in [1.165, 1.54) is 16.7 Å². The summed E-state index contributed by atoms with van der Waals surface area (Å²) in [6.45, 7) is 11.7. The fourth-order valence-corrected chi connectivity index (χ4v) is 3.72. The topological polar surface area (TPSA) is 0 Å². The summed E-state index contributed by atoms with van der Waals surface area (Å²) in [4.78, 5) is 0. The van der Waals surface area contributed by atoms with Crippen LogP contribution in [0.2, 0.25) is 0 Å². The van der Waals surface area contributed by atoms with Gasteiger partial charge in [0.1, 0.15) is 0 Å². The van der Waals surface area contributed by atoms with Crippen LogP contribution in [-0.2, 0) is 11.8 Å². The number of aryl methyl sites for hydroxylation is 1. The molecule has 0 spiro atoms. The first-order chi connectivity index (χ1) is 9.98. The molecule has 0 heteroatoms. The Balaban J connectivity index is 2.54. The molecule has 0 aliphatic carbocycles. The molecule has 0 atom stereocenters. The summed E-state index contributed by atoms with van der Waals surface area (Å²) in [5.74, 6) is 1.19. The fourth-order valence-electron chi connectivity index (χ4n) is 3.72. The van der Waals surface area contributed by atoms with Gasteiger partial charge in [0.25, 0.3) is 0 Å². The molecule has 0 bridgehead atoms. The lowest BCUT2D eigenvalue weighted by Crippen LogP contribution is -2.40. The van der Waals surface area contributed by atoms with E-state index in [1.54, 1.807) is 0 Å². The molecule has 0 N–H and O–H groups in total. The van der Waals surface area contributed by atoms with Crippen LogP contribution < -0.4 is 0 Å². The Morgan fingerprint density at radius 1 is 0.762 bits per heavy atom. The average molecular weight is 280 g/mol. The molecule has 2 rings (SSSR count). The lowest BCUT2D eigenvalue weighted by atomic mass is 9.61. The van der Waals surface area contributed by atoms with Crippen LogP contribution in [0.4, 0.5) is 0 Å². The molecule has 0 radical (unpaired) electrons. The first-order valence-electron chi connectivity index (χ1n) is 8.08. The Bertz CT molecular complexity index is 556. The molecule has 2 aromatic carbocycles. The lowest BCUT2D eigenvalue weighted by Gasteiger charge is -2.43. The SMILES string of the molecule is Cc1ccccc1CC(c1ccccc1)(C(C)C)C(C)C. The summed E-state index contributed by atoms with van der Waals surface area (Å²) in [5, 5.41) is 0. The van der Waals surface area contributed by atoms with E-state index >= 15 is 0 Å². The van der Waals surface area contributed by atoms with Gasteiger partial charge in [-0.2, -0.15) is 0 Å². The Morgan fingerprint density at radius 3 is 1.81 bits per heavy atom. The van der Waals surface area contributed by atoms with Gasteiger partial charge in [0.15, 0.2) is 0 Å². The van der Waals surface area contributed by atoms with Crippen LogP contribution in [0.15, 0.2) is 54.6 Å². The molecule has 112 valence electrons. The maximum Gasteiger partial charge on any atom is 0.00393 e. The zero-order valence-corrected chi connectivity index (χ0v) is 14.1. The highest BCUT2D eigenvalue weighted by Gasteiger charge is 2.38. The molecule has 0 heterocycles. The fraction of sp³-hybridized carbons (Fsp3) is 0.429. The van der Waals surface area contributed by atoms with Crippen molar-refractivity contribution in [3.8, 4) is 0 Å². The predicted molar refractivity (Wildman–Crippen MR) is 92.7 cm³/mol. The van der Waals surface area contributed by atoms with Crippen LogP contribution in [0.1, 0.15) is 44.4 Å². The minimum absolute atomic E-state index is 0.188. The van der Waals surface area contributed by atoms with Gasteiger partial charge in [0.2, 0.25) is 0 Å². The van der Waals surface area contributed by atoms with Crippen molar-refractivity contribution in [2.45, 2.75) is 46.5 Å². The molecule has 2 aromatic rings. The molecule has 0 amide bonds. The van der Waals surface area contributed by atoms with E-state index in [4.69, 9.17) is 0 Å². The number of hydrogen-bond acceptors (Lipinski definition) is 0. The van der Waals surface area contributed by atoms with E-state index in [1.807, 2.05) is 0 Å². The summed E-state index contributed by atoms with van der Waals surface area (Å²) in [5.41, 5.74) is 4.54. The first kappa shape index (κ1) is 15.8. The van der Waals surface area contributed by atoms with E-state index in [9.17, 15) is 0 Å². The zero-order valence-electron chi connectivity index (χ0n) is 14.1. The van der Waals surface area contributed by atoms with Crippen LogP contribution in [0, 0.1) is 18.8 Å². The van der Waals surface area contributed by atoms with Crippen molar-refractivity contribution in [2.24, 2.45) is 11.8 Å². The Kier molecular flexibility index (Phi) is 4.88. The van der Waals surface area contributed by atoms with Crippen LogP contribution in [0.3, 0.4) is 0 Å². The standard InChI is InChI=1S/C21H28/c1-16(2)21(17(3)4,20-13-7-6-8-14-20)15-19-12-10-9-11-18(19)5/h6-14,16-17H,15H2,1-5H3. The second kappa shape index (κ2) is 6.47. The molecule has 0 aliphatic heterocycles. The van der Waals surface area contributed by atoms with E-state index in [0.29, 0.717) is 11.8 Å². The number of rotatable bonds is 5. The molecule has 0 fully saturated rings. The molecule has 0 nitrogen and oxygen atoms in total. The zero-order chi connectivity index (χ0) is 15.5. The highest BCUT2D eigenvalue weighted by Crippen LogP contribution is 2.42. The highest BCUT2D eigenvalue weighted by molar-refractivity contribution is 5.34. The van der Waals surface area contributed by atoms with Gasteiger partial charge in [-0.05, 0) is 41.9 Å². The van der Waals surface area contributed by atoms with Gasteiger partial charge in [-0.3, -0.25) is 0 Å². The van der Waals surface area contributed by atoms with Crippen LogP contribution >= 0.6 is 0 Å². The van der Waals surface area contributed by atoms with E-state index in [0.717, 1.165) is 6.42 Å². The third-order valence-electron chi connectivity index (χ3n) is 5.12. The minimum atomic E-state index is 0.188. The molecule has 0 aliphatic rings. The summed E-state index contributed by atoms with van der Waals surface area (Å²) in [6, 6.07) is 19.9. The number of hydrogen-bond donors (Lipinski definition) is 0. The van der Waals surface area contributed by atoms with Crippen molar-refractivity contribution >= 4 is 0 Å². The maximum absolute atomic E-state index is 2.37. The van der Waals surface area contributed by atoms with Crippen LogP contribution in [-0.4, -0.2) is 0 Å². The summed E-state index contributed by atoms with van der Waals surface area (Å²) < 4.78 is 0. The summed E-state index contributed by atoms with van der Waals surface area (Å²) >= 11 is 0. The summed E-state index contributed by atoms with van der Waals surface area (Å²) in [7, 11) is 0. The van der Waals surface area contributed by atoms with Gasteiger partial charge in [-0.25, -0.2) is 0 Å². The average Bonchev–Trinajstić information content (AvgIpc) is 2.46. The van der Waals surface area contributed by atoms with Gasteiger partial charge in [-0.15, -0.1) is 0 Å². The van der Waals surface area contributed by atoms with Gasteiger partial charge in [-0.1, -0.05) is 82.3 Å². The summed E-state index contributed by atoms with van der Waals surface area (Å²) in [6.07, 6.45) is 1.11. The van der Waals surface area contributed by atoms with Crippen molar-refractivity contribution in [3.05, 3.63) is 71.3 Å². The van der Waals surface area contributed by atoms with Crippen LogP contribution in [0.5, 0.6) is 0 Å². The van der Waals surface area contributed by atoms with Crippen molar-refractivity contribution in [1.82, 2.24) is 0 Å². The molecule has 0 aromatic heterocycles.